The maximum atomic E-state index is 12.4. The van der Waals surface area contributed by atoms with Crippen molar-refractivity contribution in [3.05, 3.63) is 54.2 Å². The number of aryl methyl sites for hydroxylation is 2. The number of amides is 1. The first-order chi connectivity index (χ1) is 13.9. The van der Waals surface area contributed by atoms with Gasteiger partial charge in [0, 0.05) is 24.5 Å². The van der Waals surface area contributed by atoms with Crippen LogP contribution in [0.3, 0.4) is 0 Å². The van der Waals surface area contributed by atoms with Gasteiger partial charge < -0.3 is 9.73 Å². The predicted molar refractivity (Wildman–Crippen MR) is 108 cm³/mol. The number of carbonyl (C=O) groups is 1. The molecule has 29 heavy (non-hydrogen) atoms. The quantitative estimate of drug-likeness (QED) is 0.665. The highest BCUT2D eigenvalue weighted by Crippen LogP contribution is 2.27. The molecule has 0 unspecified atom stereocenters. The van der Waals surface area contributed by atoms with Crippen LogP contribution in [-0.4, -0.2) is 40.6 Å². The van der Waals surface area contributed by atoms with Gasteiger partial charge >= 0.3 is 0 Å². The van der Waals surface area contributed by atoms with E-state index in [1.807, 2.05) is 37.3 Å². The van der Waals surface area contributed by atoms with Gasteiger partial charge in [-0.3, -0.25) is 4.79 Å². The van der Waals surface area contributed by atoms with Gasteiger partial charge in [-0.25, -0.2) is 18.1 Å². The van der Waals surface area contributed by atoms with Crippen LogP contribution in [0.25, 0.3) is 11.3 Å². The van der Waals surface area contributed by atoms with Gasteiger partial charge in [-0.1, -0.05) is 30.3 Å². The smallest absolute Gasteiger partial charge is 0.226 e. The second kappa shape index (κ2) is 7.82. The maximum Gasteiger partial charge on any atom is 0.226 e. The third-order valence-electron chi connectivity index (χ3n) is 4.86. The summed E-state index contributed by atoms with van der Waals surface area (Å²) in [6.45, 7) is 1.81. The van der Waals surface area contributed by atoms with Gasteiger partial charge in [0.1, 0.15) is 5.82 Å². The van der Waals surface area contributed by atoms with Gasteiger partial charge in [0.2, 0.25) is 5.91 Å². The third kappa shape index (κ3) is 4.56. The minimum absolute atomic E-state index is 0.0512. The van der Waals surface area contributed by atoms with Gasteiger partial charge in [0.15, 0.2) is 21.5 Å². The van der Waals surface area contributed by atoms with E-state index in [4.69, 9.17) is 4.42 Å². The Labute approximate surface area is 168 Å². The van der Waals surface area contributed by atoms with Crippen molar-refractivity contribution >= 4 is 21.6 Å². The number of benzene rings is 1. The lowest BCUT2D eigenvalue weighted by Gasteiger charge is -2.13. The third-order valence-corrected chi connectivity index (χ3v) is 6.61. The average Bonchev–Trinajstić information content (AvgIpc) is 3.39. The summed E-state index contributed by atoms with van der Waals surface area (Å²) in [6, 6.07) is 11.1. The van der Waals surface area contributed by atoms with Crippen LogP contribution in [0.4, 0.5) is 5.82 Å². The predicted octanol–water partition coefficient (Wildman–Crippen LogP) is 2.78. The van der Waals surface area contributed by atoms with E-state index >= 15 is 0 Å². The lowest BCUT2D eigenvalue weighted by Crippen LogP contribution is -2.19. The molecule has 1 amide bonds. The van der Waals surface area contributed by atoms with Crippen molar-refractivity contribution in [1.82, 2.24) is 14.8 Å². The monoisotopic (exact) mass is 414 g/mol. The first kappa shape index (κ1) is 19.4. The molecule has 0 radical (unpaired) electrons. The zero-order chi connectivity index (χ0) is 20.4. The summed E-state index contributed by atoms with van der Waals surface area (Å²) in [7, 11) is -3.04. The van der Waals surface area contributed by atoms with Crippen molar-refractivity contribution in [2.75, 3.05) is 16.8 Å². The Morgan fingerprint density at radius 2 is 2.10 bits per heavy atom. The first-order valence-electron chi connectivity index (χ1n) is 9.46. The number of hydrogen-bond acceptors (Lipinski definition) is 6. The van der Waals surface area contributed by atoms with Crippen LogP contribution in [0.1, 0.15) is 30.5 Å². The minimum atomic E-state index is -3.04. The van der Waals surface area contributed by atoms with Crippen molar-refractivity contribution in [1.29, 1.82) is 0 Å². The van der Waals surface area contributed by atoms with Crippen molar-refractivity contribution in [2.45, 2.75) is 32.2 Å². The van der Waals surface area contributed by atoms with Crippen molar-refractivity contribution in [2.24, 2.45) is 0 Å². The van der Waals surface area contributed by atoms with Crippen LogP contribution >= 0.6 is 0 Å². The van der Waals surface area contributed by atoms with Crippen molar-refractivity contribution in [3.63, 3.8) is 0 Å². The van der Waals surface area contributed by atoms with E-state index in [0.29, 0.717) is 30.3 Å². The van der Waals surface area contributed by atoms with E-state index in [1.165, 1.54) is 0 Å². The topological polar surface area (TPSA) is 107 Å². The normalized spacial score (nSPS) is 18.0. The van der Waals surface area contributed by atoms with Gasteiger partial charge in [-0.2, -0.15) is 5.10 Å². The van der Waals surface area contributed by atoms with Crippen molar-refractivity contribution < 1.29 is 17.6 Å². The van der Waals surface area contributed by atoms with Crippen molar-refractivity contribution in [3.8, 4) is 11.3 Å². The largest absolute Gasteiger partial charge is 0.441 e. The van der Waals surface area contributed by atoms with Gasteiger partial charge in [-0.05, 0) is 13.3 Å². The molecule has 0 saturated carbocycles. The molecule has 0 aliphatic carbocycles. The molecule has 3 heterocycles. The van der Waals surface area contributed by atoms with E-state index in [-0.39, 0.29) is 29.9 Å². The number of rotatable bonds is 6. The Kier molecular flexibility index (Phi) is 5.23. The summed E-state index contributed by atoms with van der Waals surface area (Å²) >= 11 is 0. The molecule has 8 nitrogen and oxygen atoms in total. The Morgan fingerprint density at radius 1 is 1.31 bits per heavy atom. The molecular formula is C20H22N4O4S. The molecule has 1 atom stereocenters. The highest BCUT2D eigenvalue weighted by Gasteiger charge is 2.31. The molecule has 1 aromatic carbocycles. The van der Waals surface area contributed by atoms with E-state index in [9.17, 15) is 13.2 Å². The molecule has 1 N–H and O–H groups in total. The molecule has 4 rings (SSSR count). The highest BCUT2D eigenvalue weighted by atomic mass is 32.2. The fourth-order valence-corrected chi connectivity index (χ4v) is 5.14. The summed E-state index contributed by atoms with van der Waals surface area (Å²) in [4.78, 5) is 16.7. The fraction of sp³-hybridized carbons (Fsp3) is 0.350. The molecule has 1 aliphatic rings. The van der Waals surface area contributed by atoms with Crippen LogP contribution in [0.5, 0.6) is 0 Å². The Bertz CT molecular complexity index is 1120. The lowest BCUT2D eigenvalue weighted by atomic mass is 10.2. The standard InChI is InChI=1S/C20H22N4O4S/c1-14-11-18(24(23-14)16-9-10-29(26,27)13-16)22-19(25)7-8-20-21-12-17(28-20)15-5-3-2-4-6-15/h2-6,11-12,16H,7-10,13H2,1H3,(H,22,25)/t16-/m0/s1. The molecular weight excluding hydrogens is 392 g/mol. The molecule has 1 saturated heterocycles. The SMILES string of the molecule is Cc1cc(NC(=O)CCc2ncc(-c3ccccc3)o2)n([C@H]2CCS(=O)(=O)C2)n1. The fourth-order valence-electron chi connectivity index (χ4n) is 3.44. The van der Waals surface area contributed by atoms with Crippen LogP contribution in [0.2, 0.25) is 0 Å². The van der Waals surface area contributed by atoms with Crippen LogP contribution in [-0.2, 0) is 21.1 Å². The van der Waals surface area contributed by atoms with Crippen LogP contribution < -0.4 is 5.32 Å². The summed E-state index contributed by atoms with van der Waals surface area (Å²) < 4.78 is 30.9. The molecule has 1 fully saturated rings. The van der Waals surface area contributed by atoms with E-state index in [0.717, 1.165) is 11.3 Å². The number of oxazole rings is 1. The summed E-state index contributed by atoms with van der Waals surface area (Å²) in [6.07, 6.45) is 2.72. The maximum absolute atomic E-state index is 12.4. The number of hydrogen-bond donors (Lipinski definition) is 1. The summed E-state index contributed by atoms with van der Waals surface area (Å²) in [5.41, 5.74) is 1.66. The number of nitrogens with zero attached hydrogens (tertiary/aromatic N) is 3. The second-order valence-electron chi connectivity index (χ2n) is 7.20. The molecule has 152 valence electrons. The van der Waals surface area contributed by atoms with Crippen LogP contribution in [0.15, 0.2) is 47.0 Å². The molecule has 2 aromatic heterocycles. The molecule has 0 bridgehead atoms. The number of sulfone groups is 1. The van der Waals surface area contributed by atoms with Gasteiger partial charge in [0.05, 0.1) is 29.4 Å². The zero-order valence-electron chi connectivity index (χ0n) is 16.0. The Balaban J connectivity index is 1.38. The molecule has 9 heteroatoms. The number of aromatic nitrogens is 3. The van der Waals surface area contributed by atoms with Gasteiger partial charge in [-0.15, -0.1) is 0 Å². The van der Waals surface area contributed by atoms with E-state index < -0.39 is 9.84 Å². The minimum Gasteiger partial charge on any atom is -0.441 e. The van der Waals surface area contributed by atoms with Gasteiger partial charge in [0.25, 0.3) is 0 Å². The number of nitrogens with one attached hydrogen (secondary N) is 1. The number of carbonyl (C=O) groups excluding carboxylic acids is 1. The Morgan fingerprint density at radius 3 is 2.83 bits per heavy atom. The first-order valence-corrected chi connectivity index (χ1v) is 11.3. The Hall–Kier alpha value is -2.94. The summed E-state index contributed by atoms with van der Waals surface area (Å²) in [5, 5.41) is 7.21. The molecule has 3 aromatic rings. The summed E-state index contributed by atoms with van der Waals surface area (Å²) in [5.74, 6) is 1.68. The lowest BCUT2D eigenvalue weighted by molar-refractivity contribution is -0.116. The molecule has 0 spiro atoms. The van der Waals surface area contributed by atoms with E-state index in [2.05, 4.69) is 15.4 Å². The van der Waals surface area contributed by atoms with Crippen LogP contribution in [0, 0.1) is 6.92 Å². The highest BCUT2D eigenvalue weighted by molar-refractivity contribution is 7.91. The van der Waals surface area contributed by atoms with E-state index in [1.54, 1.807) is 16.9 Å². The average molecular weight is 414 g/mol. The zero-order valence-corrected chi connectivity index (χ0v) is 16.9. The number of anilines is 1. The molecule has 1 aliphatic heterocycles. The second-order valence-corrected chi connectivity index (χ2v) is 9.43.